The predicted molar refractivity (Wildman–Crippen MR) is 86.2 cm³/mol. The third-order valence-electron chi connectivity index (χ3n) is 4.20. The molecule has 1 aromatic rings. The highest BCUT2D eigenvalue weighted by molar-refractivity contribution is 5.43. The molecule has 1 aliphatic rings. The Labute approximate surface area is 123 Å². The van der Waals surface area contributed by atoms with Gasteiger partial charge in [-0.05, 0) is 55.8 Å². The fourth-order valence-corrected chi connectivity index (χ4v) is 2.74. The lowest BCUT2D eigenvalue weighted by molar-refractivity contribution is 0.279. The molecule has 0 radical (unpaired) electrons. The van der Waals surface area contributed by atoms with Crippen LogP contribution in [0.5, 0.6) is 0 Å². The molecule has 0 bridgehead atoms. The first kappa shape index (κ1) is 15.3. The molecule has 1 N–H and O–H groups in total. The van der Waals surface area contributed by atoms with Gasteiger partial charge in [-0.15, -0.1) is 0 Å². The van der Waals surface area contributed by atoms with Gasteiger partial charge < -0.3 is 10.2 Å². The van der Waals surface area contributed by atoms with Crippen LogP contribution in [0.2, 0.25) is 0 Å². The Morgan fingerprint density at radius 1 is 1.25 bits per heavy atom. The maximum atomic E-state index is 4.73. The van der Waals surface area contributed by atoms with Gasteiger partial charge in [-0.1, -0.05) is 20.8 Å². The van der Waals surface area contributed by atoms with Crippen molar-refractivity contribution in [2.75, 3.05) is 24.5 Å². The summed E-state index contributed by atoms with van der Waals surface area (Å²) in [5, 5.41) is 3.48. The van der Waals surface area contributed by atoms with Crippen molar-refractivity contribution in [3.05, 3.63) is 23.4 Å². The molecule has 0 spiro atoms. The van der Waals surface area contributed by atoms with E-state index >= 15 is 0 Å². The second-order valence-corrected chi connectivity index (χ2v) is 6.80. The van der Waals surface area contributed by atoms with Crippen molar-refractivity contribution < 1.29 is 0 Å². The Morgan fingerprint density at radius 3 is 2.60 bits per heavy atom. The molecule has 3 nitrogen and oxygen atoms in total. The maximum absolute atomic E-state index is 4.73. The van der Waals surface area contributed by atoms with Gasteiger partial charge in [-0.3, -0.25) is 0 Å². The van der Waals surface area contributed by atoms with E-state index in [0.717, 1.165) is 37.7 Å². The number of hydrogen-bond acceptors (Lipinski definition) is 3. The van der Waals surface area contributed by atoms with Crippen LogP contribution in [0.4, 0.5) is 5.82 Å². The molecular formula is C17H29N3. The third kappa shape index (κ3) is 4.20. The number of piperidine rings is 1. The van der Waals surface area contributed by atoms with Crippen molar-refractivity contribution in [3.8, 4) is 0 Å². The summed E-state index contributed by atoms with van der Waals surface area (Å²) in [4.78, 5) is 7.18. The summed E-state index contributed by atoms with van der Waals surface area (Å²) < 4.78 is 0. The molecule has 0 unspecified atom stereocenters. The average Bonchev–Trinajstić information content (AvgIpc) is 2.38. The molecule has 1 aromatic heterocycles. The number of nitrogens with one attached hydrogen (secondary N) is 1. The summed E-state index contributed by atoms with van der Waals surface area (Å²) in [5.41, 5.74) is 2.97. The van der Waals surface area contributed by atoms with Gasteiger partial charge in [0.05, 0.1) is 0 Å². The van der Waals surface area contributed by atoms with E-state index in [9.17, 15) is 0 Å². The van der Waals surface area contributed by atoms with Gasteiger partial charge >= 0.3 is 0 Å². The van der Waals surface area contributed by atoms with E-state index in [1.807, 2.05) is 0 Å². The minimum absolute atomic E-state index is 0.492. The normalized spacial score (nSPS) is 18.3. The summed E-state index contributed by atoms with van der Waals surface area (Å²) in [6.07, 6.45) is 3.69. The molecule has 1 aliphatic heterocycles. The first-order chi connectivity index (χ1) is 9.50. The van der Waals surface area contributed by atoms with Gasteiger partial charge in [0.2, 0.25) is 0 Å². The number of hydrogen-bond donors (Lipinski definition) is 1. The van der Waals surface area contributed by atoms with Crippen LogP contribution >= 0.6 is 0 Å². The van der Waals surface area contributed by atoms with Crippen molar-refractivity contribution in [1.29, 1.82) is 0 Å². The third-order valence-corrected chi connectivity index (χ3v) is 4.20. The van der Waals surface area contributed by atoms with Crippen LogP contribution in [0.15, 0.2) is 12.1 Å². The van der Waals surface area contributed by atoms with Gasteiger partial charge in [0, 0.05) is 25.3 Å². The standard InChI is InChI=1S/C17H29N3/c1-5-8-18-13-15-11-14(2)19-16(12-15)20-9-6-17(3,4)7-10-20/h11-12,18H,5-10,13H2,1-4H3. The highest BCUT2D eigenvalue weighted by atomic mass is 15.2. The average molecular weight is 275 g/mol. The van der Waals surface area contributed by atoms with Crippen molar-refractivity contribution in [3.63, 3.8) is 0 Å². The molecule has 0 aromatic carbocycles. The topological polar surface area (TPSA) is 28.2 Å². The number of anilines is 1. The minimum Gasteiger partial charge on any atom is -0.357 e. The number of aryl methyl sites for hydroxylation is 1. The number of pyridine rings is 1. The van der Waals surface area contributed by atoms with E-state index in [-0.39, 0.29) is 0 Å². The Morgan fingerprint density at radius 2 is 1.95 bits per heavy atom. The Bertz CT molecular complexity index is 430. The maximum Gasteiger partial charge on any atom is 0.129 e. The van der Waals surface area contributed by atoms with Crippen molar-refractivity contribution in [2.45, 2.75) is 53.5 Å². The molecular weight excluding hydrogens is 246 g/mol. The van der Waals surface area contributed by atoms with Gasteiger partial charge in [0.15, 0.2) is 0 Å². The highest BCUT2D eigenvalue weighted by Gasteiger charge is 2.26. The fourth-order valence-electron chi connectivity index (χ4n) is 2.74. The van der Waals surface area contributed by atoms with Crippen LogP contribution in [-0.4, -0.2) is 24.6 Å². The van der Waals surface area contributed by atoms with E-state index in [1.54, 1.807) is 0 Å². The zero-order valence-electron chi connectivity index (χ0n) is 13.5. The quantitative estimate of drug-likeness (QED) is 0.833. The minimum atomic E-state index is 0.492. The number of rotatable bonds is 5. The van der Waals surface area contributed by atoms with E-state index in [2.05, 4.69) is 50.0 Å². The van der Waals surface area contributed by atoms with E-state index < -0.39 is 0 Å². The fraction of sp³-hybridized carbons (Fsp3) is 0.706. The first-order valence-electron chi connectivity index (χ1n) is 7.93. The Hall–Kier alpha value is -1.09. The molecule has 0 amide bonds. The molecule has 3 heteroatoms. The molecule has 0 atom stereocenters. The summed E-state index contributed by atoms with van der Waals surface area (Å²) >= 11 is 0. The molecule has 1 saturated heterocycles. The molecule has 2 heterocycles. The van der Waals surface area contributed by atoms with Crippen LogP contribution in [0.3, 0.4) is 0 Å². The van der Waals surface area contributed by atoms with Gasteiger partial charge in [0.25, 0.3) is 0 Å². The summed E-state index contributed by atoms with van der Waals surface area (Å²) in [6.45, 7) is 13.3. The predicted octanol–water partition coefficient (Wildman–Crippen LogP) is 3.52. The van der Waals surface area contributed by atoms with E-state index in [4.69, 9.17) is 4.98 Å². The number of aromatic nitrogens is 1. The zero-order valence-corrected chi connectivity index (χ0v) is 13.5. The SMILES string of the molecule is CCCNCc1cc(C)nc(N2CCC(C)(C)CC2)c1. The largest absolute Gasteiger partial charge is 0.357 e. The van der Waals surface area contributed by atoms with Crippen LogP contribution in [0.25, 0.3) is 0 Å². The Kier molecular flexibility index (Phi) is 5.03. The lowest BCUT2D eigenvalue weighted by Gasteiger charge is -2.37. The second kappa shape index (κ2) is 6.57. The Balaban J connectivity index is 2.04. The summed E-state index contributed by atoms with van der Waals surface area (Å²) in [7, 11) is 0. The van der Waals surface area contributed by atoms with Gasteiger partial charge in [-0.2, -0.15) is 0 Å². The zero-order chi connectivity index (χ0) is 14.6. The molecule has 1 fully saturated rings. The van der Waals surface area contributed by atoms with Crippen LogP contribution in [0.1, 0.15) is 51.3 Å². The smallest absolute Gasteiger partial charge is 0.129 e. The van der Waals surface area contributed by atoms with Crippen molar-refractivity contribution >= 4 is 5.82 Å². The monoisotopic (exact) mass is 275 g/mol. The van der Waals surface area contributed by atoms with Gasteiger partial charge in [-0.25, -0.2) is 4.98 Å². The summed E-state index contributed by atoms with van der Waals surface area (Å²) in [6, 6.07) is 4.45. The lowest BCUT2D eigenvalue weighted by Crippen LogP contribution is -2.37. The molecule has 20 heavy (non-hydrogen) atoms. The lowest BCUT2D eigenvalue weighted by atomic mass is 9.83. The van der Waals surface area contributed by atoms with E-state index in [1.165, 1.54) is 24.8 Å². The first-order valence-corrected chi connectivity index (χ1v) is 7.93. The van der Waals surface area contributed by atoms with Crippen LogP contribution in [-0.2, 0) is 6.54 Å². The van der Waals surface area contributed by atoms with Gasteiger partial charge in [0.1, 0.15) is 5.82 Å². The van der Waals surface area contributed by atoms with Crippen LogP contribution < -0.4 is 10.2 Å². The summed E-state index contributed by atoms with van der Waals surface area (Å²) in [5.74, 6) is 1.16. The van der Waals surface area contributed by atoms with E-state index in [0.29, 0.717) is 5.41 Å². The molecule has 0 saturated carbocycles. The van der Waals surface area contributed by atoms with Crippen molar-refractivity contribution in [2.24, 2.45) is 5.41 Å². The molecule has 2 rings (SSSR count). The number of nitrogens with zero attached hydrogens (tertiary/aromatic N) is 2. The van der Waals surface area contributed by atoms with Crippen LogP contribution in [0, 0.1) is 12.3 Å². The second-order valence-electron chi connectivity index (χ2n) is 6.80. The molecule has 112 valence electrons. The highest BCUT2D eigenvalue weighted by Crippen LogP contribution is 2.31. The molecule has 0 aliphatic carbocycles. The van der Waals surface area contributed by atoms with Crippen molar-refractivity contribution in [1.82, 2.24) is 10.3 Å².